The lowest BCUT2D eigenvalue weighted by Gasteiger charge is -2.18. The van der Waals surface area contributed by atoms with Gasteiger partial charge in [-0.1, -0.05) is 56.3 Å². The van der Waals surface area contributed by atoms with Crippen molar-refractivity contribution in [1.82, 2.24) is 0 Å². The first-order chi connectivity index (χ1) is 8.58. The van der Waals surface area contributed by atoms with Crippen molar-refractivity contribution >= 4 is 0 Å². The minimum atomic E-state index is 0.179. The van der Waals surface area contributed by atoms with Gasteiger partial charge in [0, 0.05) is 6.04 Å². The Labute approximate surface area is 109 Å². The SMILES string of the molecule is CC1(C)C[C@H](N)c2cc(-c3ccccc3)ccc21. The molecule has 1 aliphatic rings. The van der Waals surface area contributed by atoms with Crippen LogP contribution in [0.25, 0.3) is 11.1 Å². The van der Waals surface area contributed by atoms with Crippen molar-refractivity contribution in [2.45, 2.75) is 31.7 Å². The Morgan fingerprint density at radius 3 is 2.44 bits per heavy atom. The molecule has 1 nitrogen and oxygen atoms in total. The van der Waals surface area contributed by atoms with Crippen molar-refractivity contribution in [2.75, 3.05) is 0 Å². The first kappa shape index (κ1) is 11.5. The summed E-state index contributed by atoms with van der Waals surface area (Å²) >= 11 is 0. The summed E-state index contributed by atoms with van der Waals surface area (Å²) in [6.45, 7) is 4.56. The lowest BCUT2D eigenvalue weighted by molar-refractivity contribution is 0.481. The molecule has 1 aliphatic carbocycles. The third kappa shape index (κ3) is 1.75. The number of nitrogens with two attached hydrogens (primary N) is 1. The van der Waals surface area contributed by atoms with Gasteiger partial charge in [0.2, 0.25) is 0 Å². The van der Waals surface area contributed by atoms with Crippen LogP contribution in [-0.2, 0) is 5.41 Å². The molecule has 0 aliphatic heterocycles. The Morgan fingerprint density at radius 1 is 1.00 bits per heavy atom. The minimum absolute atomic E-state index is 0.179. The van der Waals surface area contributed by atoms with Gasteiger partial charge in [0.15, 0.2) is 0 Å². The van der Waals surface area contributed by atoms with Crippen molar-refractivity contribution in [3.05, 3.63) is 59.7 Å². The van der Waals surface area contributed by atoms with E-state index in [1.165, 1.54) is 22.3 Å². The minimum Gasteiger partial charge on any atom is -0.324 e. The van der Waals surface area contributed by atoms with Crippen LogP contribution in [0.15, 0.2) is 48.5 Å². The second-order valence-corrected chi connectivity index (χ2v) is 5.86. The number of hydrogen-bond acceptors (Lipinski definition) is 1. The number of fused-ring (bicyclic) bond motifs is 1. The molecule has 18 heavy (non-hydrogen) atoms. The van der Waals surface area contributed by atoms with Crippen LogP contribution < -0.4 is 5.73 Å². The molecule has 0 aromatic heterocycles. The average molecular weight is 237 g/mol. The largest absolute Gasteiger partial charge is 0.324 e. The number of rotatable bonds is 1. The normalized spacial score (nSPS) is 20.7. The van der Waals surface area contributed by atoms with E-state index in [0.29, 0.717) is 0 Å². The highest BCUT2D eigenvalue weighted by molar-refractivity contribution is 5.66. The molecule has 0 bridgehead atoms. The highest BCUT2D eigenvalue weighted by Gasteiger charge is 2.34. The zero-order chi connectivity index (χ0) is 12.8. The molecule has 1 atom stereocenters. The van der Waals surface area contributed by atoms with E-state index in [9.17, 15) is 0 Å². The molecule has 0 unspecified atom stereocenters. The van der Waals surface area contributed by atoms with Gasteiger partial charge in [-0.05, 0) is 40.2 Å². The van der Waals surface area contributed by atoms with Crippen LogP contribution in [-0.4, -0.2) is 0 Å². The lowest BCUT2D eigenvalue weighted by Crippen LogP contribution is -2.14. The smallest absolute Gasteiger partial charge is 0.0306 e. The molecule has 0 amide bonds. The fraction of sp³-hybridized carbons (Fsp3) is 0.294. The Kier molecular flexibility index (Phi) is 2.53. The summed E-state index contributed by atoms with van der Waals surface area (Å²) in [7, 11) is 0. The molecule has 0 heterocycles. The molecular weight excluding hydrogens is 218 g/mol. The summed E-state index contributed by atoms with van der Waals surface area (Å²) in [6.07, 6.45) is 1.04. The molecule has 0 fully saturated rings. The second kappa shape index (κ2) is 3.96. The van der Waals surface area contributed by atoms with E-state index in [1.54, 1.807) is 0 Å². The van der Waals surface area contributed by atoms with E-state index < -0.39 is 0 Å². The maximum absolute atomic E-state index is 6.27. The van der Waals surface area contributed by atoms with Crippen LogP contribution in [0.4, 0.5) is 0 Å². The van der Waals surface area contributed by atoms with E-state index in [2.05, 4.69) is 56.3 Å². The van der Waals surface area contributed by atoms with Gasteiger partial charge in [-0.2, -0.15) is 0 Å². The van der Waals surface area contributed by atoms with Gasteiger partial charge in [0.1, 0.15) is 0 Å². The molecule has 2 N–H and O–H groups in total. The van der Waals surface area contributed by atoms with E-state index in [-0.39, 0.29) is 11.5 Å². The third-order valence-electron chi connectivity index (χ3n) is 4.02. The maximum atomic E-state index is 6.27. The van der Waals surface area contributed by atoms with Crippen LogP contribution in [0, 0.1) is 0 Å². The second-order valence-electron chi connectivity index (χ2n) is 5.86. The van der Waals surface area contributed by atoms with Crippen molar-refractivity contribution < 1.29 is 0 Å². The molecular formula is C17H19N. The summed E-state index contributed by atoms with van der Waals surface area (Å²) in [4.78, 5) is 0. The lowest BCUT2D eigenvalue weighted by atomic mass is 9.86. The third-order valence-corrected chi connectivity index (χ3v) is 4.02. The molecule has 2 aromatic carbocycles. The molecule has 0 spiro atoms. The summed E-state index contributed by atoms with van der Waals surface area (Å²) < 4.78 is 0. The predicted octanol–water partition coefficient (Wildman–Crippen LogP) is 4.03. The zero-order valence-electron chi connectivity index (χ0n) is 11.0. The Balaban J connectivity index is 2.11. The van der Waals surface area contributed by atoms with Gasteiger partial charge < -0.3 is 5.73 Å². The van der Waals surface area contributed by atoms with Crippen LogP contribution in [0.1, 0.15) is 37.4 Å². The van der Waals surface area contributed by atoms with E-state index in [1.807, 2.05) is 6.07 Å². The van der Waals surface area contributed by atoms with E-state index >= 15 is 0 Å². The van der Waals surface area contributed by atoms with Crippen LogP contribution in [0.3, 0.4) is 0 Å². The Hall–Kier alpha value is -1.60. The summed E-state index contributed by atoms with van der Waals surface area (Å²) in [5.41, 5.74) is 11.7. The Morgan fingerprint density at radius 2 is 1.72 bits per heavy atom. The van der Waals surface area contributed by atoms with Gasteiger partial charge in [-0.15, -0.1) is 0 Å². The molecule has 0 saturated carbocycles. The molecule has 3 rings (SSSR count). The summed E-state index contributed by atoms with van der Waals surface area (Å²) in [5.74, 6) is 0. The van der Waals surface area contributed by atoms with Gasteiger partial charge in [0.25, 0.3) is 0 Å². The fourth-order valence-electron chi connectivity index (χ4n) is 3.07. The van der Waals surface area contributed by atoms with Crippen LogP contribution >= 0.6 is 0 Å². The zero-order valence-corrected chi connectivity index (χ0v) is 11.0. The van der Waals surface area contributed by atoms with Crippen LogP contribution in [0.5, 0.6) is 0 Å². The highest BCUT2D eigenvalue weighted by Crippen LogP contribution is 2.44. The summed E-state index contributed by atoms with van der Waals surface area (Å²) in [5, 5.41) is 0. The van der Waals surface area contributed by atoms with Gasteiger partial charge >= 0.3 is 0 Å². The average Bonchev–Trinajstić information content (AvgIpc) is 2.61. The summed E-state index contributed by atoms with van der Waals surface area (Å²) in [6, 6.07) is 17.4. The van der Waals surface area contributed by atoms with Crippen LogP contribution in [0.2, 0.25) is 0 Å². The van der Waals surface area contributed by atoms with E-state index in [4.69, 9.17) is 5.73 Å². The molecule has 1 heteroatoms. The van der Waals surface area contributed by atoms with Crippen molar-refractivity contribution in [1.29, 1.82) is 0 Å². The quantitative estimate of drug-likeness (QED) is 0.796. The monoisotopic (exact) mass is 237 g/mol. The predicted molar refractivity (Wildman–Crippen MR) is 76.4 cm³/mol. The first-order valence-corrected chi connectivity index (χ1v) is 6.53. The standard InChI is InChI=1S/C17H19N/c1-17(2)11-16(18)14-10-13(8-9-15(14)17)12-6-4-3-5-7-12/h3-10,16H,11,18H2,1-2H3/t16-/m0/s1. The van der Waals surface area contributed by atoms with E-state index in [0.717, 1.165) is 6.42 Å². The first-order valence-electron chi connectivity index (χ1n) is 6.53. The molecule has 0 radical (unpaired) electrons. The van der Waals surface area contributed by atoms with Gasteiger partial charge in [0.05, 0.1) is 0 Å². The molecule has 92 valence electrons. The fourth-order valence-corrected chi connectivity index (χ4v) is 3.07. The number of benzene rings is 2. The topological polar surface area (TPSA) is 26.0 Å². The maximum Gasteiger partial charge on any atom is 0.0306 e. The molecule has 0 saturated heterocycles. The number of hydrogen-bond donors (Lipinski definition) is 1. The Bertz CT molecular complexity index is 569. The van der Waals surface area contributed by atoms with Gasteiger partial charge in [-0.3, -0.25) is 0 Å². The van der Waals surface area contributed by atoms with Crippen molar-refractivity contribution in [2.24, 2.45) is 5.73 Å². The van der Waals surface area contributed by atoms with Crippen molar-refractivity contribution in [3.63, 3.8) is 0 Å². The van der Waals surface area contributed by atoms with Gasteiger partial charge in [-0.25, -0.2) is 0 Å². The van der Waals surface area contributed by atoms with Crippen molar-refractivity contribution in [3.8, 4) is 11.1 Å². The highest BCUT2D eigenvalue weighted by atomic mass is 14.7. The molecule has 2 aromatic rings.